The molecule has 1 aromatic carbocycles. The number of rotatable bonds is 6. The zero-order valence-electron chi connectivity index (χ0n) is 10.3. The first-order valence-corrected chi connectivity index (χ1v) is 6.86. The van der Waals surface area contributed by atoms with E-state index < -0.39 is 0 Å². The molecule has 0 saturated heterocycles. The number of likely N-dealkylation sites (N-methyl/N-ethyl adjacent to an activating group) is 1. The van der Waals surface area contributed by atoms with Gasteiger partial charge in [-0.25, -0.2) is 0 Å². The third kappa shape index (κ3) is 5.04. The molecule has 0 N–H and O–H groups in total. The molecule has 0 aliphatic carbocycles. The monoisotopic (exact) mass is 347 g/mol. The van der Waals surface area contributed by atoms with E-state index in [1.54, 1.807) is 0 Å². The number of benzene rings is 1. The molecule has 0 aromatic heterocycles. The summed E-state index contributed by atoms with van der Waals surface area (Å²) in [4.78, 5) is 13.5. The highest BCUT2D eigenvalue weighted by Crippen LogP contribution is 2.13. The van der Waals surface area contributed by atoms with Gasteiger partial charge in [0.2, 0.25) is 0 Å². The van der Waals surface area contributed by atoms with Crippen LogP contribution >= 0.6 is 22.6 Å². The van der Waals surface area contributed by atoms with Crippen LogP contribution in [0.5, 0.6) is 0 Å². The molecule has 0 amide bonds. The lowest BCUT2D eigenvalue weighted by Gasteiger charge is -2.19. The van der Waals surface area contributed by atoms with Crippen LogP contribution in [0.4, 0.5) is 0 Å². The lowest BCUT2D eigenvalue weighted by molar-refractivity contribution is -0.144. The molecular weight excluding hydrogens is 329 g/mol. The van der Waals surface area contributed by atoms with E-state index in [1.807, 2.05) is 19.1 Å². The van der Waals surface area contributed by atoms with Crippen molar-refractivity contribution >= 4 is 28.6 Å². The van der Waals surface area contributed by atoms with Gasteiger partial charge in [-0.15, -0.1) is 0 Å². The van der Waals surface area contributed by atoms with Crippen molar-refractivity contribution in [1.82, 2.24) is 4.90 Å². The van der Waals surface area contributed by atoms with Crippen molar-refractivity contribution < 1.29 is 9.53 Å². The van der Waals surface area contributed by atoms with Gasteiger partial charge < -0.3 is 4.74 Å². The molecule has 4 heteroatoms. The fraction of sp³-hybridized carbons (Fsp3) is 0.462. The highest BCUT2D eigenvalue weighted by molar-refractivity contribution is 14.1. The highest BCUT2D eigenvalue weighted by Gasteiger charge is 2.11. The van der Waals surface area contributed by atoms with Crippen LogP contribution in [-0.2, 0) is 16.1 Å². The molecule has 94 valence electrons. The average molecular weight is 347 g/mol. The molecule has 0 bridgehead atoms. The van der Waals surface area contributed by atoms with Crippen LogP contribution in [0.1, 0.15) is 19.4 Å². The van der Waals surface area contributed by atoms with Crippen molar-refractivity contribution in [2.45, 2.75) is 20.4 Å². The Balaban J connectivity index is 2.58. The lowest BCUT2D eigenvalue weighted by atomic mass is 10.2. The molecule has 1 rings (SSSR count). The molecule has 0 fully saturated rings. The maximum absolute atomic E-state index is 11.4. The zero-order chi connectivity index (χ0) is 12.7. The van der Waals surface area contributed by atoms with Gasteiger partial charge in [0.05, 0.1) is 13.2 Å². The minimum absolute atomic E-state index is 0.153. The van der Waals surface area contributed by atoms with Crippen LogP contribution in [0, 0.1) is 3.57 Å². The van der Waals surface area contributed by atoms with Crippen LogP contribution in [0.25, 0.3) is 0 Å². The maximum atomic E-state index is 11.4. The highest BCUT2D eigenvalue weighted by atomic mass is 127. The van der Waals surface area contributed by atoms with Gasteiger partial charge >= 0.3 is 5.97 Å². The molecule has 3 nitrogen and oxygen atoms in total. The Kier molecular flexibility index (Phi) is 6.50. The number of carbonyl (C=O) groups excluding carboxylic acids is 1. The van der Waals surface area contributed by atoms with Crippen molar-refractivity contribution in [3.63, 3.8) is 0 Å². The standard InChI is InChI=1S/C13H18INO2/c1-3-15(10-13(16)17-4-2)9-11-7-5-6-8-12(11)14/h5-8H,3-4,9-10H2,1-2H3. The van der Waals surface area contributed by atoms with Gasteiger partial charge in [-0.3, -0.25) is 9.69 Å². The molecule has 0 heterocycles. The number of hydrogen-bond acceptors (Lipinski definition) is 3. The first-order valence-electron chi connectivity index (χ1n) is 5.78. The smallest absolute Gasteiger partial charge is 0.320 e. The van der Waals surface area contributed by atoms with E-state index in [0.29, 0.717) is 13.2 Å². The zero-order valence-corrected chi connectivity index (χ0v) is 12.4. The summed E-state index contributed by atoms with van der Waals surface area (Å²) >= 11 is 2.32. The Bertz CT molecular complexity index is 368. The lowest BCUT2D eigenvalue weighted by Crippen LogP contribution is -2.30. The Morgan fingerprint density at radius 2 is 2.06 bits per heavy atom. The third-order valence-electron chi connectivity index (χ3n) is 2.46. The second-order valence-corrected chi connectivity index (χ2v) is 4.86. The van der Waals surface area contributed by atoms with Gasteiger partial charge in [0.15, 0.2) is 0 Å². The van der Waals surface area contributed by atoms with E-state index in [4.69, 9.17) is 4.74 Å². The van der Waals surface area contributed by atoms with Crippen molar-refractivity contribution in [3.05, 3.63) is 33.4 Å². The molecule has 0 spiro atoms. The fourth-order valence-electron chi connectivity index (χ4n) is 1.54. The van der Waals surface area contributed by atoms with E-state index in [1.165, 1.54) is 9.13 Å². The van der Waals surface area contributed by atoms with Crippen molar-refractivity contribution in [2.24, 2.45) is 0 Å². The van der Waals surface area contributed by atoms with Crippen LogP contribution < -0.4 is 0 Å². The summed E-state index contributed by atoms with van der Waals surface area (Å²) in [5.74, 6) is -0.153. The minimum Gasteiger partial charge on any atom is -0.465 e. The van der Waals surface area contributed by atoms with Crippen molar-refractivity contribution in [3.8, 4) is 0 Å². The summed E-state index contributed by atoms with van der Waals surface area (Å²) in [7, 11) is 0. The topological polar surface area (TPSA) is 29.5 Å². The SMILES string of the molecule is CCOC(=O)CN(CC)Cc1ccccc1I. The number of hydrogen-bond donors (Lipinski definition) is 0. The fourth-order valence-corrected chi connectivity index (χ4v) is 2.09. The number of nitrogens with zero attached hydrogens (tertiary/aromatic N) is 1. The van der Waals surface area contributed by atoms with E-state index >= 15 is 0 Å². The normalized spacial score (nSPS) is 10.6. The summed E-state index contributed by atoms with van der Waals surface area (Å²) in [5.41, 5.74) is 1.25. The first kappa shape index (κ1) is 14.4. The van der Waals surface area contributed by atoms with E-state index in [-0.39, 0.29) is 5.97 Å². The van der Waals surface area contributed by atoms with Gasteiger partial charge in [-0.2, -0.15) is 0 Å². The van der Waals surface area contributed by atoms with Crippen molar-refractivity contribution in [2.75, 3.05) is 19.7 Å². The van der Waals surface area contributed by atoms with Gasteiger partial charge in [0, 0.05) is 10.1 Å². The maximum Gasteiger partial charge on any atom is 0.320 e. The van der Waals surface area contributed by atoms with Crippen LogP contribution in [0.3, 0.4) is 0 Å². The molecule has 0 radical (unpaired) electrons. The average Bonchev–Trinajstić information content (AvgIpc) is 2.31. The number of esters is 1. The van der Waals surface area contributed by atoms with Crippen LogP contribution in [0.2, 0.25) is 0 Å². The molecule has 0 saturated carbocycles. The quantitative estimate of drug-likeness (QED) is 0.585. The predicted octanol–water partition coefficient (Wildman–Crippen LogP) is 2.68. The van der Waals surface area contributed by atoms with Gasteiger partial charge in [0.1, 0.15) is 0 Å². The van der Waals surface area contributed by atoms with Gasteiger partial charge in [0.25, 0.3) is 0 Å². The largest absolute Gasteiger partial charge is 0.465 e. The van der Waals surface area contributed by atoms with Crippen LogP contribution in [-0.4, -0.2) is 30.6 Å². The molecule has 1 aromatic rings. The van der Waals surface area contributed by atoms with E-state index in [0.717, 1.165) is 13.1 Å². The summed E-state index contributed by atoms with van der Waals surface area (Å²) < 4.78 is 6.19. The Morgan fingerprint density at radius 1 is 1.35 bits per heavy atom. The van der Waals surface area contributed by atoms with Gasteiger partial charge in [-0.1, -0.05) is 25.1 Å². The first-order chi connectivity index (χ1) is 8.17. The number of halogens is 1. The minimum atomic E-state index is -0.153. The second kappa shape index (κ2) is 7.66. The predicted molar refractivity (Wildman–Crippen MR) is 76.7 cm³/mol. The van der Waals surface area contributed by atoms with E-state index in [2.05, 4.69) is 46.5 Å². The van der Waals surface area contributed by atoms with Crippen molar-refractivity contribution in [1.29, 1.82) is 0 Å². The summed E-state index contributed by atoms with van der Waals surface area (Å²) in [5, 5.41) is 0. The Labute approximate surface area is 116 Å². The molecule has 0 aliphatic heterocycles. The molecule has 0 unspecified atom stereocenters. The molecule has 0 atom stereocenters. The summed E-state index contributed by atoms with van der Waals surface area (Å²) in [6.45, 7) is 6.30. The summed E-state index contributed by atoms with van der Waals surface area (Å²) in [6, 6.07) is 8.21. The molecule has 17 heavy (non-hydrogen) atoms. The van der Waals surface area contributed by atoms with Gasteiger partial charge in [-0.05, 0) is 47.7 Å². The second-order valence-electron chi connectivity index (χ2n) is 3.70. The molecule has 0 aliphatic rings. The summed E-state index contributed by atoms with van der Waals surface area (Å²) in [6.07, 6.45) is 0. The van der Waals surface area contributed by atoms with E-state index in [9.17, 15) is 4.79 Å². The number of ether oxygens (including phenoxy) is 1. The Morgan fingerprint density at radius 3 is 2.65 bits per heavy atom. The third-order valence-corrected chi connectivity index (χ3v) is 3.51. The number of carbonyl (C=O) groups is 1. The Hall–Kier alpha value is -0.620. The van der Waals surface area contributed by atoms with Crippen LogP contribution in [0.15, 0.2) is 24.3 Å². The molecular formula is C13H18INO2.